The third kappa shape index (κ3) is 3.79. The molecule has 3 aromatic rings. The Morgan fingerprint density at radius 1 is 1.04 bits per heavy atom. The molecule has 0 amide bonds. The van der Waals surface area contributed by atoms with Gasteiger partial charge in [0.05, 0.1) is 7.11 Å². The molecule has 24 heavy (non-hydrogen) atoms. The molecule has 0 saturated carbocycles. The summed E-state index contributed by atoms with van der Waals surface area (Å²) in [5, 5.41) is 3.80. The molecule has 0 saturated heterocycles. The number of anilines is 1. The highest BCUT2D eigenvalue weighted by Gasteiger charge is 2.13. The minimum absolute atomic E-state index is 0.0239. The van der Waals surface area contributed by atoms with Gasteiger partial charge in [0, 0.05) is 23.7 Å². The number of benzene rings is 2. The van der Waals surface area contributed by atoms with Crippen molar-refractivity contribution >= 4 is 16.6 Å². The summed E-state index contributed by atoms with van der Waals surface area (Å²) < 4.78 is 32.4. The highest BCUT2D eigenvalue weighted by Crippen LogP contribution is 2.26. The quantitative estimate of drug-likeness (QED) is 0.717. The largest absolute Gasteiger partial charge is 0.481 e. The van der Waals surface area contributed by atoms with E-state index in [-0.39, 0.29) is 11.4 Å². The molecule has 3 rings (SSSR count). The van der Waals surface area contributed by atoms with Gasteiger partial charge >= 0.3 is 0 Å². The summed E-state index contributed by atoms with van der Waals surface area (Å²) in [6, 6.07) is 14.0. The van der Waals surface area contributed by atoms with E-state index in [1.165, 1.54) is 13.2 Å². The van der Waals surface area contributed by atoms with Crippen LogP contribution in [0.4, 0.5) is 14.5 Å². The first-order valence-corrected chi connectivity index (χ1v) is 7.79. The lowest BCUT2D eigenvalue weighted by Gasteiger charge is -2.11. The van der Waals surface area contributed by atoms with E-state index >= 15 is 0 Å². The summed E-state index contributed by atoms with van der Waals surface area (Å²) in [4.78, 5) is 4.00. The van der Waals surface area contributed by atoms with Crippen molar-refractivity contribution in [2.45, 2.75) is 20.4 Å². The van der Waals surface area contributed by atoms with Gasteiger partial charge in [-0.3, -0.25) is 0 Å². The lowest BCUT2D eigenvalue weighted by atomic mass is 10.1. The van der Waals surface area contributed by atoms with Gasteiger partial charge in [-0.25, -0.2) is 13.8 Å². The predicted molar refractivity (Wildman–Crippen MR) is 93.3 cm³/mol. The van der Waals surface area contributed by atoms with Gasteiger partial charge in [-0.1, -0.05) is 32.0 Å². The Kier molecular flexibility index (Phi) is 6.07. The third-order valence-corrected chi connectivity index (χ3v) is 3.40. The normalized spacial score (nSPS) is 10.0. The number of methoxy groups -OCH3 is 1. The number of fused-ring (bicyclic) bond motifs is 1. The van der Waals surface area contributed by atoms with Crippen LogP contribution in [0.1, 0.15) is 19.4 Å². The van der Waals surface area contributed by atoms with Crippen LogP contribution in [0, 0.1) is 11.6 Å². The highest BCUT2D eigenvalue weighted by molar-refractivity contribution is 5.83. The predicted octanol–water partition coefficient (Wildman–Crippen LogP) is 5.16. The first-order valence-electron chi connectivity index (χ1n) is 7.79. The second-order valence-corrected chi connectivity index (χ2v) is 4.80. The maximum absolute atomic E-state index is 13.9. The van der Waals surface area contributed by atoms with E-state index in [2.05, 4.69) is 10.3 Å². The number of hydrogen-bond donors (Lipinski definition) is 1. The molecular formula is C19H20F2N2O. The first kappa shape index (κ1) is 17.7. The summed E-state index contributed by atoms with van der Waals surface area (Å²) in [5.41, 5.74) is 1.70. The second-order valence-electron chi connectivity index (χ2n) is 4.80. The number of halogens is 2. The van der Waals surface area contributed by atoms with Crippen molar-refractivity contribution in [3.8, 4) is 5.88 Å². The van der Waals surface area contributed by atoms with Crippen LogP contribution in [0.2, 0.25) is 0 Å². The number of nitrogens with one attached hydrogen (secondary N) is 1. The molecule has 0 aliphatic heterocycles. The molecule has 0 spiro atoms. The summed E-state index contributed by atoms with van der Waals surface area (Å²) in [7, 11) is 1.44. The van der Waals surface area contributed by atoms with Crippen LogP contribution in [0.25, 0.3) is 10.9 Å². The summed E-state index contributed by atoms with van der Waals surface area (Å²) >= 11 is 0. The van der Waals surface area contributed by atoms with Crippen molar-refractivity contribution in [1.29, 1.82) is 0 Å². The average molecular weight is 330 g/mol. The van der Waals surface area contributed by atoms with E-state index in [0.29, 0.717) is 11.9 Å². The topological polar surface area (TPSA) is 34.1 Å². The summed E-state index contributed by atoms with van der Waals surface area (Å²) in [5.74, 6) is -1.63. The molecule has 0 unspecified atom stereocenters. The van der Waals surface area contributed by atoms with E-state index in [4.69, 9.17) is 4.74 Å². The Labute approximate surface area is 140 Å². The SMILES string of the molecule is CC.COc1cc(CNc2ccccc2)c2ccc(F)c(F)c2n1. The van der Waals surface area contributed by atoms with Crippen molar-refractivity contribution in [3.63, 3.8) is 0 Å². The number of ether oxygens (including phenoxy) is 1. The number of pyridine rings is 1. The molecule has 3 nitrogen and oxygen atoms in total. The molecule has 1 aromatic heterocycles. The Morgan fingerprint density at radius 2 is 1.75 bits per heavy atom. The monoisotopic (exact) mass is 330 g/mol. The van der Waals surface area contributed by atoms with Crippen LogP contribution in [0.5, 0.6) is 5.88 Å². The second kappa shape index (κ2) is 8.24. The van der Waals surface area contributed by atoms with E-state index in [9.17, 15) is 8.78 Å². The van der Waals surface area contributed by atoms with Crippen molar-refractivity contribution in [2.75, 3.05) is 12.4 Å². The molecule has 2 aromatic carbocycles. The van der Waals surface area contributed by atoms with E-state index in [1.54, 1.807) is 6.07 Å². The fourth-order valence-corrected chi connectivity index (χ4v) is 2.28. The average Bonchev–Trinajstić information content (AvgIpc) is 2.65. The molecule has 0 fully saturated rings. The first-order chi connectivity index (χ1) is 11.7. The molecule has 5 heteroatoms. The fraction of sp³-hybridized carbons (Fsp3) is 0.211. The zero-order chi connectivity index (χ0) is 17.5. The van der Waals surface area contributed by atoms with Crippen LogP contribution in [0.3, 0.4) is 0 Å². The van der Waals surface area contributed by atoms with Crippen molar-refractivity contribution in [3.05, 3.63) is 65.7 Å². The van der Waals surface area contributed by atoms with Gasteiger partial charge in [0.1, 0.15) is 5.52 Å². The maximum atomic E-state index is 13.9. The van der Waals surface area contributed by atoms with Gasteiger partial charge < -0.3 is 10.1 Å². The number of para-hydroxylation sites is 1. The molecular weight excluding hydrogens is 310 g/mol. The molecule has 0 aliphatic rings. The van der Waals surface area contributed by atoms with Crippen molar-refractivity contribution in [2.24, 2.45) is 0 Å². The lowest BCUT2D eigenvalue weighted by molar-refractivity contribution is 0.398. The summed E-state index contributed by atoms with van der Waals surface area (Å²) in [6.07, 6.45) is 0. The zero-order valence-corrected chi connectivity index (χ0v) is 13.9. The fourth-order valence-electron chi connectivity index (χ4n) is 2.28. The Balaban J connectivity index is 0.00000100. The number of nitrogens with zero attached hydrogens (tertiary/aromatic N) is 1. The molecule has 126 valence electrons. The minimum Gasteiger partial charge on any atom is -0.481 e. The Morgan fingerprint density at radius 3 is 2.42 bits per heavy atom. The molecule has 0 atom stereocenters. The van der Waals surface area contributed by atoms with Gasteiger partial charge in [-0.05, 0) is 29.8 Å². The van der Waals surface area contributed by atoms with Crippen LogP contribution in [-0.4, -0.2) is 12.1 Å². The molecule has 0 aliphatic carbocycles. The highest BCUT2D eigenvalue weighted by atomic mass is 19.2. The van der Waals surface area contributed by atoms with Gasteiger partial charge in [0.2, 0.25) is 5.88 Å². The standard InChI is InChI=1S/C17H14F2N2O.C2H6/c1-22-15-9-11(10-20-12-5-3-2-4-6-12)13-7-8-14(18)16(19)17(13)21-15;1-2/h2-9,20H,10H2,1H3;1-2H3. The van der Waals surface area contributed by atoms with Gasteiger partial charge in [-0.15, -0.1) is 0 Å². The minimum atomic E-state index is -0.961. The number of rotatable bonds is 4. The van der Waals surface area contributed by atoms with Crippen LogP contribution >= 0.6 is 0 Å². The molecule has 0 bridgehead atoms. The lowest BCUT2D eigenvalue weighted by Crippen LogP contribution is -2.03. The molecule has 1 heterocycles. The van der Waals surface area contributed by atoms with Gasteiger partial charge in [0.15, 0.2) is 11.6 Å². The molecule has 1 N–H and O–H groups in total. The van der Waals surface area contributed by atoms with E-state index in [0.717, 1.165) is 17.3 Å². The smallest absolute Gasteiger partial charge is 0.213 e. The Bertz CT molecular complexity index is 807. The van der Waals surface area contributed by atoms with Crippen LogP contribution < -0.4 is 10.1 Å². The zero-order valence-electron chi connectivity index (χ0n) is 13.9. The number of aromatic nitrogens is 1. The molecule has 0 radical (unpaired) electrons. The Hall–Kier alpha value is -2.69. The van der Waals surface area contributed by atoms with E-state index in [1.807, 2.05) is 44.2 Å². The van der Waals surface area contributed by atoms with Gasteiger partial charge in [-0.2, -0.15) is 0 Å². The number of hydrogen-bond acceptors (Lipinski definition) is 3. The van der Waals surface area contributed by atoms with Gasteiger partial charge in [0.25, 0.3) is 0 Å². The van der Waals surface area contributed by atoms with Crippen molar-refractivity contribution < 1.29 is 13.5 Å². The van der Waals surface area contributed by atoms with Crippen LogP contribution in [-0.2, 0) is 6.54 Å². The summed E-state index contributed by atoms with van der Waals surface area (Å²) in [6.45, 7) is 4.45. The maximum Gasteiger partial charge on any atom is 0.213 e. The third-order valence-electron chi connectivity index (χ3n) is 3.40. The van der Waals surface area contributed by atoms with Crippen LogP contribution in [0.15, 0.2) is 48.5 Å². The van der Waals surface area contributed by atoms with E-state index < -0.39 is 11.6 Å². The van der Waals surface area contributed by atoms with Crippen molar-refractivity contribution in [1.82, 2.24) is 4.98 Å².